The fraction of sp³-hybridized carbons (Fsp3) is 0.692. The number of H-pyrrole nitrogens is 1. The standard InChI is InChI=1S/C13H20N4O/c18-13(16-8-12-14-3-4-15-12)7-9-5-10-1-2-11(6-9)17-10/h3-4,9-11,17H,1-2,5-8H2,(H,14,15)(H,16,18). The highest BCUT2D eigenvalue weighted by atomic mass is 16.1. The monoisotopic (exact) mass is 248 g/mol. The van der Waals surface area contributed by atoms with Crippen molar-refractivity contribution in [3.63, 3.8) is 0 Å². The van der Waals surface area contributed by atoms with E-state index in [-0.39, 0.29) is 5.91 Å². The quantitative estimate of drug-likeness (QED) is 0.743. The van der Waals surface area contributed by atoms with Gasteiger partial charge in [0, 0.05) is 30.9 Å². The number of nitrogens with zero attached hydrogens (tertiary/aromatic N) is 1. The van der Waals surface area contributed by atoms with Crippen LogP contribution < -0.4 is 10.6 Å². The lowest BCUT2D eigenvalue weighted by molar-refractivity contribution is -0.122. The molecular weight excluding hydrogens is 228 g/mol. The van der Waals surface area contributed by atoms with Crippen LogP contribution in [0.15, 0.2) is 12.4 Å². The second-order valence-electron chi connectivity index (χ2n) is 5.49. The van der Waals surface area contributed by atoms with Crippen LogP contribution in [-0.4, -0.2) is 28.0 Å². The summed E-state index contributed by atoms with van der Waals surface area (Å²) in [6.45, 7) is 0.504. The van der Waals surface area contributed by atoms with Gasteiger partial charge < -0.3 is 15.6 Å². The zero-order chi connectivity index (χ0) is 12.4. The van der Waals surface area contributed by atoms with Gasteiger partial charge in [0.15, 0.2) is 0 Å². The Kier molecular flexibility index (Phi) is 3.32. The number of piperidine rings is 1. The summed E-state index contributed by atoms with van der Waals surface area (Å²) < 4.78 is 0. The molecule has 3 heterocycles. The fourth-order valence-corrected chi connectivity index (χ4v) is 3.25. The molecular formula is C13H20N4O. The smallest absolute Gasteiger partial charge is 0.220 e. The molecule has 0 saturated carbocycles. The number of rotatable bonds is 4. The van der Waals surface area contributed by atoms with Crippen molar-refractivity contribution in [1.82, 2.24) is 20.6 Å². The molecule has 2 aliphatic rings. The summed E-state index contributed by atoms with van der Waals surface area (Å²) in [5, 5.41) is 6.53. The molecule has 0 aliphatic carbocycles. The molecule has 3 rings (SSSR count). The van der Waals surface area contributed by atoms with Gasteiger partial charge in [-0.25, -0.2) is 4.98 Å². The van der Waals surface area contributed by atoms with Gasteiger partial charge in [-0.2, -0.15) is 0 Å². The molecule has 5 heteroatoms. The first-order valence-electron chi connectivity index (χ1n) is 6.80. The van der Waals surface area contributed by atoms with Crippen LogP contribution in [0.2, 0.25) is 0 Å². The fourth-order valence-electron chi connectivity index (χ4n) is 3.25. The van der Waals surface area contributed by atoms with E-state index in [1.165, 1.54) is 12.8 Å². The number of hydrogen-bond acceptors (Lipinski definition) is 3. The van der Waals surface area contributed by atoms with Crippen molar-refractivity contribution < 1.29 is 4.79 Å². The lowest BCUT2D eigenvalue weighted by Gasteiger charge is -2.28. The van der Waals surface area contributed by atoms with Crippen LogP contribution in [0.25, 0.3) is 0 Å². The number of aromatic nitrogens is 2. The molecule has 2 atom stereocenters. The van der Waals surface area contributed by atoms with Crippen molar-refractivity contribution in [1.29, 1.82) is 0 Å². The summed E-state index contributed by atoms with van der Waals surface area (Å²) in [6.07, 6.45) is 9.02. The number of amides is 1. The highest BCUT2D eigenvalue weighted by Crippen LogP contribution is 2.32. The van der Waals surface area contributed by atoms with Crippen LogP contribution in [0.4, 0.5) is 0 Å². The summed E-state index contributed by atoms with van der Waals surface area (Å²) >= 11 is 0. The Hall–Kier alpha value is -1.36. The van der Waals surface area contributed by atoms with E-state index >= 15 is 0 Å². The van der Waals surface area contributed by atoms with Gasteiger partial charge in [-0.15, -0.1) is 0 Å². The van der Waals surface area contributed by atoms with E-state index in [4.69, 9.17) is 0 Å². The predicted octanol–water partition coefficient (Wildman–Crippen LogP) is 0.947. The Bertz CT molecular complexity index is 391. The molecule has 2 unspecified atom stereocenters. The summed E-state index contributed by atoms with van der Waals surface area (Å²) in [4.78, 5) is 18.9. The number of hydrogen-bond donors (Lipinski definition) is 3. The molecule has 2 aliphatic heterocycles. The zero-order valence-corrected chi connectivity index (χ0v) is 10.5. The minimum Gasteiger partial charge on any atom is -0.349 e. The van der Waals surface area contributed by atoms with E-state index in [9.17, 15) is 4.79 Å². The molecule has 98 valence electrons. The Balaban J connectivity index is 1.43. The van der Waals surface area contributed by atoms with Crippen LogP contribution in [0, 0.1) is 5.92 Å². The van der Waals surface area contributed by atoms with Crippen molar-refractivity contribution in [3.8, 4) is 0 Å². The molecule has 0 aromatic carbocycles. The van der Waals surface area contributed by atoms with E-state index < -0.39 is 0 Å². The molecule has 18 heavy (non-hydrogen) atoms. The third-order valence-electron chi connectivity index (χ3n) is 4.05. The average Bonchev–Trinajstić information content (AvgIpc) is 2.97. The molecule has 1 aromatic rings. The number of aromatic amines is 1. The minimum absolute atomic E-state index is 0.151. The normalized spacial score (nSPS) is 30.3. The van der Waals surface area contributed by atoms with Crippen molar-refractivity contribution in [2.75, 3.05) is 0 Å². The molecule has 2 bridgehead atoms. The van der Waals surface area contributed by atoms with Gasteiger partial charge in [-0.1, -0.05) is 0 Å². The van der Waals surface area contributed by atoms with Crippen LogP contribution in [0.5, 0.6) is 0 Å². The highest BCUT2D eigenvalue weighted by Gasteiger charge is 2.34. The van der Waals surface area contributed by atoms with Gasteiger partial charge in [0.2, 0.25) is 5.91 Å². The number of carbonyl (C=O) groups excluding carboxylic acids is 1. The lowest BCUT2D eigenvalue weighted by atomic mass is 9.89. The van der Waals surface area contributed by atoms with Gasteiger partial charge in [0.1, 0.15) is 5.82 Å². The molecule has 2 saturated heterocycles. The predicted molar refractivity (Wildman–Crippen MR) is 67.7 cm³/mol. The van der Waals surface area contributed by atoms with Crippen LogP contribution >= 0.6 is 0 Å². The summed E-state index contributed by atoms with van der Waals surface area (Å²) in [7, 11) is 0. The van der Waals surface area contributed by atoms with E-state index in [1.807, 2.05) is 0 Å². The summed E-state index contributed by atoms with van der Waals surface area (Å²) in [5.74, 6) is 1.52. The van der Waals surface area contributed by atoms with E-state index in [0.717, 1.165) is 18.7 Å². The topological polar surface area (TPSA) is 69.8 Å². The molecule has 3 N–H and O–H groups in total. The second-order valence-corrected chi connectivity index (χ2v) is 5.49. The van der Waals surface area contributed by atoms with Gasteiger partial charge in [-0.3, -0.25) is 4.79 Å². The molecule has 1 amide bonds. The molecule has 1 aromatic heterocycles. The van der Waals surface area contributed by atoms with Gasteiger partial charge in [0.25, 0.3) is 0 Å². The van der Waals surface area contributed by atoms with Gasteiger partial charge in [-0.05, 0) is 31.6 Å². The van der Waals surface area contributed by atoms with Crippen LogP contribution in [-0.2, 0) is 11.3 Å². The third kappa shape index (κ3) is 2.72. The third-order valence-corrected chi connectivity index (χ3v) is 4.05. The van der Waals surface area contributed by atoms with Gasteiger partial charge in [0.05, 0.1) is 6.54 Å². The van der Waals surface area contributed by atoms with Crippen molar-refractivity contribution in [2.45, 2.75) is 50.7 Å². The molecule has 5 nitrogen and oxygen atoms in total. The van der Waals surface area contributed by atoms with Crippen molar-refractivity contribution in [2.24, 2.45) is 5.92 Å². The second kappa shape index (κ2) is 5.10. The summed E-state index contributed by atoms with van der Waals surface area (Å²) in [6, 6.07) is 1.32. The van der Waals surface area contributed by atoms with Gasteiger partial charge >= 0.3 is 0 Å². The number of imidazole rings is 1. The summed E-state index contributed by atoms with van der Waals surface area (Å²) in [5.41, 5.74) is 0. The maximum absolute atomic E-state index is 11.9. The first-order chi connectivity index (χ1) is 8.79. The SMILES string of the molecule is O=C(CC1CC2CCC(C1)N2)NCc1ncc[nH]1. The number of carbonyl (C=O) groups is 1. The lowest BCUT2D eigenvalue weighted by Crippen LogP contribution is -2.39. The Labute approximate surface area is 107 Å². The van der Waals surface area contributed by atoms with Crippen molar-refractivity contribution >= 4 is 5.91 Å². The van der Waals surface area contributed by atoms with Crippen LogP contribution in [0.1, 0.15) is 37.9 Å². The molecule has 2 fully saturated rings. The minimum atomic E-state index is 0.151. The van der Waals surface area contributed by atoms with Crippen LogP contribution in [0.3, 0.4) is 0 Å². The molecule has 0 radical (unpaired) electrons. The highest BCUT2D eigenvalue weighted by molar-refractivity contribution is 5.76. The average molecular weight is 248 g/mol. The Morgan fingerprint density at radius 3 is 2.83 bits per heavy atom. The maximum Gasteiger partial charge on any atom is 0.220 e. The Morgan fingerprint density at radius 2 is 2.17 bits per heavy atom. The Morgan fingerprint density at radius 1 is 1.39 bits per heavy atom. The zero-order valence-electron chi connectivity index (χ0n) is 10.5. The first-order valence-corrected chi connectivity index (χ1v) is 6.80. The largest absolute Gasteiger partial charge is 0.349 e. The maximum atomic E-state index is 11.9. The van der Waals surface area contributed by atoms with E-state index in [0.29, 0.717) is 31.0 Å². The number of nitrogens with one attached hydrogen (secondary N) is 3. The van der Waals surface area contributed by atoms with E-state index in [1.54, 1.807) is 12.4 Å². The number of fused-ring (bicyclic) bond motifs is 2. The van der Waals surface area contributed by atoms with Crippen molar-refractivity contribution in [3.05, 3.63) is 18.2 Å². The first kappa shape index (κ1) is 11.7. The molecule has 0 spiro atoms. The van der Waals surface area contributed by atoms with E-state index in [2.05, 4.69) is 20.6 Å².